The Morgan fingerprint density at radius 1 is 1.41 bits per heavy atom. The molecule has 0 aromatic heterocycles. The van der Waals surface area contributed by atoms with Crippen LogP contribution in [0.2, 0.25) is 0 Å². The van der Waals surface area contributed by atoms with E-state index in [9.17, 15) is 9.59 Å². The molecule has 98 valence electrons. The van der Waals surface area contributed by atoms with E-state index in [2.05, 4.69) is 5.32 Å². The van der Waals surface area contributed by atoms with Crippen LogP contribution in [-0.4, -0.2) is 52.6 Å². The van der Waals surface area contributed by atoms with Crippen molar-refractivity contribution in [2.24, 2.45) is 0 Å². The zero-order chi connectivity index (χ0) is 12.7. The van der Waals surface area contributed by atoms with Crippen molar-refractivity contribution in [3.05, 3.63) is 0 Å². The molecule has 0 unspecified atom stereocenters. The molecule has 0 saturated carbocycles. The number of carbonyl (C=O) groups is 2. The Bertz CT molecular complexity index is 267. The van der Waals surface area contributed by atoms with Gasteiger partial charge in [0.05, 0.1) is 0 Å². The summed E-state index contributed by atoms with van der Waals surface area (Å²) < 4.78 is 0. The van der Waals surface area contributed by atoms with E-state index in [0.29, 0.717) is 6.54 Å². The molecular weight excluding hydrogens is 240 g/mol. The average Bonchev–Trinajstić information content (AvgIpc) is 2.29. The number of aliphatic carboxylic acids is 1. The van der Waals surface area contributed by atoms with E-state index in [4.69, 9.17) is 5.11 Å². The zero-order valence-corrected chi connectivity index (χ0v) is 11.0. The van der Waals surface area contributed by atoms with Crippen molar-refractivity contribution in [2.75, 3.05) is 24.6 Å². The molecule has 0 aromatic rings. The second-order valence-electron chi connectivity index (χ2n) is 4.15. The summed E-state index contributed by atoms with van der Waals surface area (Å²) in [5, 5.41) is 11.7. The van der Waals surface area contributed by atoms with Crippen LogP contribution in [0.3, 0.4) is 0 Å². The fourth-order valence-electron chi connectivity index (χ4n) is 1.79. The van der Waals surface area contributed by atoms with Gasteiger partial charge in [0, 0.05) is 12.6 Å². The van der Waals surface area contributed by atoms with Gasteiger partial charge in [-0.15, -0.1) is 0 Å². The fourth-order valence-corrected chi connectivity index (χ4v) is 2.90. The predicted molar refractivity (Wildman–Crippen MR) is 68.4 cm³/mol. The van der Waals surface area contributed by atoms with E-state index >= 15 is 0 Å². The average molecular weight is 260 g/mol. The summed E-state index contributed by atoms with van der Waals surface area (Å²) >= 11 is 1.90. The number of nitrogens with zero attached hydrogens (tertiary/aromatic N) is 1. The van der Waals surface area contributed by atoms with Gasteiger partial charge in [0.25, 0.3) is 0 Å². The number of thioether (sulfide) groups is 1. The number of urea groups is 1. The summed E-state index contributed by atoms with van der Waals surface area (Å²) in [6, 6.07) is -0.0388. The molecule has 1 saturated heterocycles. The van der Waals surface area contributed by atoms with E-state index in [1.807, 2.05) is 18.7 Å². The van der Waals surface area contributed by atoms with Crippen LogP contribution in [0.5, 0.6) is 0 Å². The Kier molecular flexibility index (Phi) is 6.18. The summed E-state index contributed by atoms with van der Waals surface area (Å²) in [5.74, 6) is 1.17. The van der Waals surface area contributed by atoms with E-state index in [-0.39, 0.29) is 18.6 Å². The molecule has 1 heterocycles. The molecule has 1 aliphatic heterocycles. The fraction of sp³-hybridized carbons (Fsp3) is 0.818. The summed E-state index contributed by atoms with van der Waals surface area (Å²) in [6.45, 7) is 2.19. The first-order valence-corrected chi connectivity index (χ1v) is 7.14. The summed E-state index contributed by atoms with van der Waals surface area (Å²) in [6.07, 6.45) is 2.72. The van der Waals surface area contributed by atoms with Gasteiger partial charge in [-0.05, 0) is 30.8 Å². The van der Waals surface area contributed by atoms with Crippen LogP contribution in [0.25, 0.3) is 0 Å². The van der Waals surface area contributed by atoms with Crippen LogP contribution in [0, 0.1) is 0 Å². The van der Waals surface area contributed by atoms with Crippen molar-refractivity contribution in [2.45, 2.75) is 32.2 Å². The molecular formula is C11H20N2O3S. The van der Waals surface area contributed by atoms with Crippen molar-refractivity contribution >= 4 is 23.8 Å². The monoisotopic (exact) mass is 260 g/mol. The standard InChI is InChI=1S/C11H20N2O3S/c1-2-5-13(8-10(14)15)11(16)12-9-3-6-17-7-4-9/h9H,2-8H2,1H3,(H,12,16)(H,14,15). The van der Waals surface area contributed by atoms with E-state index in [1.54, 1.807) is 0 Å². The highest BCUT2D eigenvalue weighted by Gasteiger charge is 2.20. The number of hydrogen-bond acceptors (Lipinski definition) is 3. The summed E-state index contributed by atoms with van der Waals surface area (Å²) in [4.78, 5) is 23.9. The third-order valence-electron chi connectivity index (χ3n) is 2.66. The van der Waals surface area contributed by atoms with Crippen LogP contribution >= 0.6 is 11.8 Å². The Morgan fingerprint density at radius 2 is 2.06 bits per heavy atom. The lowest BCUT2D eigenvalue weighted by Gasteiger charge is -2.27. The number of amides is 2. The van der Waals surface area contributed by atoms with Crippen molar-refractivity contribution < 1.29 is 14.7 Å². The van der Waals surface area contributed by atoms with Gasteiger partial charge in [-0.1, -0.05) is 6.92 Å². The first-order valence-electron chi connectivity index (χ1n) is 5.98. The molecule has 6 heteroatoms. The number of carbonyl (C=O) groups excluding carboxylic acids is 1. The lowest BCUT2D eigenvalue weighted by Crippen LogP contribution is -2.47. The van der Waals surface area contributed by atoms with Crippen LogP contribution in [0.1, 0.15) is 26.2 Å². The molecule has 0 aliphatic carbocycles. The van der Waals surface area contributed by atoms with Gasteiger partial charge in [-0.25, -0.2) is 4.79 Å². The molecule has 5 nitrogen and oxygen atoms in total. The Balaban J connectivity index is 2.42. The van der Waals surface area contributed by atoms with Gasteiger partial charge in [0.1, 0.15) is 6.54 Å². The van der Waals surface area contributed by atoms with Crippen LogP contribution < -0.4 is 5.32 Å². The lowest BCUT2D eigenvalue weighted by molar-refractivity contribution is -0.137. The third kappa shape index (κ3) is 5.30. The number of rotatable bonds is 5. The SMILES string of the molecule is CCCN(CC(=O)O)C(=O)NC1CCSCC1. The normalized spacial score (nSPS) is 16.5. The van der Waals surface area contributed by atoms with Crippen molar-refractivity contribution in [1.82, 2.24) is 10.2 Å². The molecule has 2 N–H and O–H groups in total. The number of nitrogens with one attached hydrogen (secondary N) is 1. The third-order valence-corrected chi connectivity index (χ3v) is 3.70. The second kappa shape index (κ2) is 7.42. The van der Waals surface area contributed by atoms with Gasteiger partial charge in [-0.3, -0.25) is 4.79 Å². The summed E-state index contributed by atoms with van der Waals surface area (Å²) in [7, 11) is 0. The highest BCUT2D eigenvalue weighted by Crippen LogP contribution is 2.17. The van der Waals surface area contributed by atoms with Crippen LogP contribution in [0.15, 0.2) is 0 Å². The molecule has 0 aromatic carbocycles. The first-order chi connectivity index (χ1) is 8.13. The van der Waals surface area contributed by atoms with Gasteiger partial charge in [-0.2, -0.15) is 11.8 Å². The van der Waals surface area contributed by atoms with E-state index < -0.39 is 5.97 Å². The van der Waals surface area contributed by atoms with Crippen molar-refractivity contribution in [3.63, 3.8) is 0 Å². The molecule has 1 rings (SSSR count). The largest absolute Gasteiger partial charge is 0.480 e. The highest BCUT2D eigenvalue weighted by atomic mass is 32.2. The van der Waals surface area contributed by atoms with Gasteiger partial charge in [0.15, 0.2) is 0 Å². The van der Waals surface area contributed by atoms with E-state index in [1.165, 1.54) is 4.90 Å². The van der Waals surface area contributed by atoms with Crippen molar-refractivity contribution in [3.8, 4) is 0 Å². The van der Waals surface area contributed by atoms with E-state index in [0.717, 1.165) is 30.8 Å². The van der Waals surface area contributed by atoms with Crippen LogP contribution in [0.4, 0.5) is 4.79 Å². The maximum absolute atomic E-state index is 11.9. The minimum atomic E-state index is -0.965. The molecule has 0 bridgehead atoms. The predicted octanol–water partition coefficient (Wildman–Crippen LogP) is 1.39. The lowest BCUT2D eigenvalue weighted by atomic mass is 10.1. The minimum Gasteiger partial charge on any atom is -0.480 e. The Hall–Kier alpha value is -0.910. The maximum atomic E-state index is 11.9. The van der Waals surface area contributed by atoms with Gasteiger partial charge < -0.3 is 15.3 Å². The number of carboxylic acid groups (broad SMARTS) is 1. The molecule has 1 fully saturated rings. The van der Waals surface area contributed by atoms with Gasteiger partial charge >= 0.3 is 12.0 Å². The Labute approximate surface area is 106 Å². The highest BCUT2D eigenvalue weighted by molar-refractivity contribution is 7.99. The molecule has 0 spiro atoms. The molecule has 1 aliphatic rings. The summed E-state index contributed by atoms with van der Waals surface area (Å²) in [5.41, 5.74) is 0. The molecule has 17 heavy (non-hydrogen) atoms. The number of hydrogen-bond donors (Lipinski definition) is 2. The second-order valence-corrected chi connectivity index (χ2v) is 5.38. The minimum absolute atomic E-state index is 0.205. The smallest absolute Gasteiger partial charge is 0.323 e. The molecule has 0 radical (unpaired) electrons. The van der Waals surface area contributed by atoms with Gasteiger partial charge in [0.2, 0.25) is 0 Å². The topological polar surface area (TPSA) is 69.6 Å². The quantitative estimate of drug-likeness (QED) is 0.783. The number of carboxylic acids is 1. The zero-order valence-electron chi connectivity index (χ0n) is 10.1. The Morgan fingerprint density at radius 3 is 2.59 bits per heavy atom. The maximum Gasteiger partial charge on any atom is 0.323 e. The van der Waals surface area contributed by atoms with Crippen molar-refractivity contribution in [1.29, 1.82) is 0 Å². The molecule has 0 atom stereocenters. The molecule has 2 amide bonds. The first kappa shape index (κ1) is 14.2. The van der Waals surface area contributed by atoms with Crippen LogP contribution in [-0.2, 0) is 4.79 Å².